The number of hydrogen-bond acceptors (Lipinski definition) is 4. The average molecular weight is 277 g/mol. The number of hydrogen-bond donors (Lipinski definition) is 1. The molecule has 6 nitrogen and oxygen atoms in total. The van der Waals surface area contributed by atoms with Gasteiger partial charge in [-0.05, 0) is 18.8 Å². The zero-order valence-electron chi connectivity index (χ0n) is 10.4. The van der Waals surface area contributed by atoms with Crippen molar-refractivity contribution in [1.82, 2.24) is 4.31 Å². The fourth-order valence-electron chi connectivity index (χ4n) is 2.61. The molecule has 1 N–H and O–H groups in total. The second kappa shape index (κ2) is 5.14. The number of carboxylic acids is 1. The predicted molar refractivity (Wildman–Crippen MR) is 64.6 cm³/mol. The van der Waals surface area contributed by atoms with Gasteiger partial charge in [0, 0.05) is 19.7 Å². The van der Waals surface area contributed by atoms with E-state index in [-0.39, 0.29) is 19.1 Å². The molecule has 0 amide bonds. The molecular formula is C11H19NO5S. The monoisotopic (exact) mass is 277 g/mol. The number of carbonyl (C=O) groups is 1. The molecule has 2 heterocycles. The number of aliphatic carboxylic acids is 1. The first-order valence-electron chi connectivity index (χ1n) is 6.22. The molecule has 0 aromatic carbocycles. The lowest BCUT2D eigenvalue weighted by atomic mass is 9.99. The molecule has 1 unspecified atom stereocenters. The topological polar surface area (TPSA) is 83.9 Å². The maximum absolute atomic E-state index is 12.4. The molecule has 2 saturated heterocycles. The SMILES string of the molecule is C[C@@H]1CN(S(=O)(=O)C2CCCOC2)C[C@H]1C(=O)O. The van der Waals surface area contributed by atoms with Crippen LogP contribution in [-0.4, -0.2) is 55.4 Å². The predicted octanol–water partition coefficient (Wildman–Crippen LogP) is 0.148. The van der Waals surface area contributed by atoms with Crippen molar-refractivity contribution in [3.05, 3.63) is 0 Å². The Balaban J connectivity index is 2.09. The van der Waals surface area contributed by atoms with Crippen LogP contribution >= 0.6 is 0 Å². The van der Waals surface area contributed by atoms with Crippen LogP contribution in [0.3, 0.4) is 0 Å². The fourth-order valence-corrected chi connectivity index (χ4v) is 4.57. The van der Waals surface area contributed by atoms with E-state index < -0.39 is 27.2 Å². The molecule has 0 aromatic rings. The third-order valence-corrected chi connectivity index (χ3v) is 6.03. The molecule has 7 heteroatoms. The Hall–Kier alpha value is -0.660. The van der Waals surface area contributed by atoms with Gasteiger partial charge in [-0.2, -0.15) is 0 Å². The molecule has 2 fully saturated rings. The highest BCUT2D eigenvalue weighted by Crippen LogP contribution is 2.29. The molecule has 0 bridgehead atoms. The minimum atomic E-state index is -3.42. The largest absolute Gasteiger partial charge is 0.481 e. The van der Waals surface area contributed by atoms with E-state index in [1.54, 1.807) is 6.92 Å². The van der Waals surface area contributed by atoms with Crippen LogP contribution < -0.4 is 0 Å². The van der Waals surface area contributed by atoms with E-state index >= 15 is 0 Å². The average Bonchev–Trinajstić information content (AvgIpc) is 2.73. The zero-order chi connectivity index (χ0) is 13.3. The molecule has 0 aliphatic carbocycles. The van der Waals surface area contributed by atoms with Gasteiger partial charge in [0.25, 0.3) is 0 Å². The van der Waals surface area contributed by atoms with Crippen molar-refractivity contribution in [2.45, 2.75) is 25.0 Å². The van der Waals surface area contributed by atoms with Crippen LogP contribution in [0.25, 0.3) is 0 Å². The molecule has 2 aliphatic rings. The van der Waals surface area contributed by atoms with Gasteiger partial charge in [-0.3, -0.25) is 4.79 Å². The Morgan fingerprint density at radius 1 is 1.39 bits per heavy atom. The third kappa shape index (κ3) is 2.53. The highest BCUT2D eigenvalue weighted by Gasteiger charge is 2.43. The quantitative estimate of drug-likeness (QED) is 0.793. The van der Waals surface area contributed by atoms with Crippen molar-refractivity contribution < 1.29 is 23.1 Å². The van der Waals surface area contributed by atoms with E-state index in [9.17, 15) is 13.2 Å². The van der Waals surface area contributed by atoms with E-state index in [4.69, 9.17) is 9.84 Å². The summed E-state index contributed by atoms with van der Waals surface area (Å²) in [5, 5.41) is 8.52. The van der Waals surface area contributed by atoms with Gasteiger partial charge in [-0.25, -0.2) is 12.7 Å². The molecule has 2 aliphatic heterocycles. The summed E-state index contributed by atoms with van der Waals surface area (Å²) in [5.41, 5.74) is 0. The Bertz CT molecular complexity index is 415. The second-order valence-corrected chi connectivity index (χ2v) is 7.34. The highest BCUT2D eigenvalue weighted by molar-refractivity contribution is 7.89. The third-order valence-electron chi connectivity index (χ3n) is 3.80. The van der Waals surface area contributed by atoms with Gasteiger partial charge in [-0.15, -0.1) is 0 Å². The van der Waals surface area contributed by atoms with E-state index in [2.05, 4.69) is 0 Å². The minimum absolute atomic E-state index is 0.0926. The first-order valence-corrected chi connectivity index (χ1v) is 7.72. The van der Waals surface area contributed by atoms with Crippen molar-refractivity contribution >= 4 is 16.0 Å². The van der Waals surface area contributed by atoms with Gasteiger partial charge in [0.2, 0.25) is 10.0 Å². The molecule has 0 saturated carbocycles. The molecule has 104 valence electrons. The van der Waals surface area contributed by atoms with Crippen LogP contribution in [0, 0.1) is 11.8 Å². The zero-order valence-corrected chi connectivity index (χ0v) is 11.2. The van der Waals surface area contributed by atoms with Crippen molar-refractivity contribution in [1.29, 1.82) is 0 Å². The number of rotatable bonds is 3. The molecular weight excluding hydrogens is 258 g/mol. The first-order chi connectivity index (χ1) is 8.43. The van der Waals surface area contributed by atoms with Crippen LogP contribution in [-0.2, 0) is 19.6 Å². The lowest BCUT2D eigenvalue weighted by Crippen LogP contribution is -2.41. The Labute approximate surface area is 107 Å². The van der Waals surface area contributed by atoms with Gasteiger partial charge >= 0.3 is 5.97 Å². The summed E-state index contributed by atoms with van der Waals surface area (Å²) in [7, 11) is -3.42. The second-order valence-electron chi connectivity index (χ2n) is 5.12. The Kier molecular flexibility index (Phi) is 3.93. The number of sulfonamides is 1. The van der Waals surface area contributed by atoms with Gasteiger partial charge in [0.15, 0.2) is 0 Å². The van der Waals surface area contributed by atoms with E-state index in [1.807, 2.05) is 0 Å². The van der Waals surface area contributed by atoms with E-state index in [1.165, 1.54) is 4.31 Å². The van der Waals surface area contributed by atoms with Crippen molar-refractivity contribution in [3.8, 4) is 0 Å². The maximum atomic E-state index is 12.4. The van der Waals surface area contributed by atoms with Crippen LogP contribution in [0.2, 0.25) is 0 Å². The number of nitrogens with zero attached hydrogens (tertiary/aromatic N) is 1. The lowest BCUT2D eigenvalue weighted by molar-refractivity contribution is -0.142. The standard InChI is InChI=1S/C11H19NO5S/c1-8-5-12(6-10(8)11(13)14)18(15,16)9-3-2-4-17-7-9/h8-10H,2-7H2,1H3,(H,13,14)/t8-,9?,10-/m1/s1. The van der Waals surface area contributed by atoms with Crippen LogP contribution in [0.4, 0.5) is 0 Å². The van der Waals surface area contributed by atoms with Crippen LogP contribution in [0.1, 0.15) is 19.8 Å². The number of carboxylic acid groups (broad SMARTS) is 1. The minimum Gasteiger partial charge on any atom is -0.481 e. The molecule has 0 aromatic heterocycles. The van der Waals surface area contributed by atoms with E-state index in [0.29, 0.717) is 19.6 Å². The van der Waals surface area contributed by atoms with Crippen molar-refractivity contribution in [3.63, 3.8) is 0 Å². The Morgan fingerprint density at radius 2 is 2.11 bits per heavy atom. The highest BCUT2D eigenvalue weighted by atomic mass is 32.2. The molecule has 3 atom stereocenters. The summed E-state index contributed by atoms with van der Waals surface area (Å²) < 4.78 is 31.2. The van der Waals surface area contributed by atoms with E-state index in [0.717, 1.165) is 6.42 Å². The molecule has 2 rings (SSSR count). The summed E-state index contributed by atoms with van der Waals surface area (Å²) in [6, 6.07) is 0. The van der Waals surface area contributed by atoms with Gasteiger partial charge in [0.1, 0.15) is 0 Å². The summed E-state index contributed by atoms with van der Waals surface area (Å²) in [6.45, 7) is 3.02. The summed E-state index contributed by atoms with van der Waals surface area (Å²) >= 11 is 0. The molecule has 0 radical (unpaired) electrons. The smallest absolute Gasteiger partial charge is 0.308 e. The normalized spacial score (nSPS) is 34.6. The van der Waals surface area contributed by atoms with Gasteiger partial charge in [-0.1, -0.05) is 6.92 Å². The van der Waals surface area contributed by atoms with Crippen molar-refractivity contribution in [2.75, 3.05) is 26.3 Å². The lowest BCUT2D eigenvalue weighted by Gasteiger charge is -2.26. The van der Waals surface area contributed by atoms with Crippen LogP contribution in [0.5, 0.6) is 0 Å². The summed E-state index contributed by atoms with van der Waals surface area (Å²) in [4.78, 5) is 11.0. The molecule has 18 heavy (non-hydrogen) atoms. The van der Waals surface area contributed by atoms with Gasteiger partial charge in [0.05, 0.1) is 17.8 Å². The summed E-state index contributed by atoms with van der Waals surface area (Å²) in [5.74, 6) is -1.65. The first kappa shape index (κ1) is 13.8. The summed E-state index contributed by atoms with van der Waals surface area (Å²) in [6.07, 6.45) is 1.35. The van der Waals surface area contributed by atoms with Crippen LogP contribution in [0.15, 0.2) is 0 Å². The van der Waals surface area contributed by atoms with Crippen molar-refractivity contribution in [2.24, 2.45) is 11.8 Å². The molecule has 0 spiro atoms. The fraction of sp³-hybridized carbons (Fsp3) is 0.909. The number of ether oxygens (including phenoxy) is 1. The maximum Gasteiger partial charge on any atom is 0.308 e. The van der Waals surface area contributed by atoms with Gasteiger partial charge < -0.3 is 9.84 Å². The Morgan fingerprint density at radius 3 is 2.61 bits per heavy atom.